The fourth-order valence-corrected chi connectivity index (χ4v) is 5.01. The minimum Gasteiger partial charge on any atom is -0.539 e. The zero-order chi connectivity index (χ0) is 20.2. The molecule has 0 aliphatic heterocycles. The molecule has 28 heavy (non-hydrogen) atoms. The van der Waals surface area contributed by atoms with Crippen molar-refractivity contribution in [3.8, 4) is 5.95 Å². The van der Waals surface area contributed by atoms with Crippen LogP contribution in [0.3, 0.4) is 0 Å². The van der Waals surface area contributed by atoms with Crippen LogP contribution in [0.1, 0.15) is 60.2 Å². The van der Waals surface area contributed by atoms with Crippen LogP contribution < -0.4 is 15.5 Å². The van der Waals surface area contributed by atoms with Crippen molar-refractivity contribution in [2.75, 3.05) is 5.73 Å². The Labute approximate surface area is 167 Å². The standard InChI is InChI=1S/C20H24N4O3S/c1-5-20(2,3)11-6-7-13-10(8-11)9-12-14(21)17(28-18(12)22-13)16(25)15-19(26)27-23-24(15)4/h9,11H,5-8H2,1-4H3,(H2-,21,23,25,26). The van der Waals surface area contributed by atoms with Crippen molar-refractivity contribution in [2.24, 2.45) is 18.4 Å². The molecule has 3 aromatic rings. The van der Waals surface area contributed by atoms with Gasteiger partial charge in [-0.05, 0) is 42.2 Å². The monoisotopic (exact) mass is 400 g/mol. The molecule has 0 amide bonds. The van der Waals surface area contributed by atoms with Crippen LogP contribution in [0.25, 0.3) is 10.2 Å². The van der Waals surface area contributed by atoms with E-state index in [1.165, 1.54) is 23.9 Å². The lowest BCUT2D eigenvalue weighted by Crippen LogP contribution is -2.37. The van der Waals surface area contributed by atoms with Crippen molar-refractivity contribution in [2.45, 2.75) is 46.5 Å². The van der Waals surface area contributed by atoms with E-state index in [2.05, 4.69) is 36.6 Å². The van der Waals surface area contributed by atoms with E-state index >= 15 is 0 Å². The van der Waals surface area contributed by atoms with Gasteiger partial charge in [0.1, 0.15) is 9.71 Å². The predicted molar refractivity (Wildman–Crippen MR) is 104 cm³/mol. The molecule has 3 heterocycles. The van der Waals surface area contributed by atoms with Crippen LogP contribution >= 0.6 is 11.3 Å². The summed E-state index contributed by atoms with van der Waals surface area (Å²) in [5.41, 5.74) is 9.14. The first-order valence-corrected chi connectivity index (χ1v) is 10.3. The highest BCUT2D eigenvalue weighted by atomic mass is 32.1. The number of carbonyl (C=O) groups excluding carboxylic acids is 1. The van der Waals surface area contributed by atoms with Crippen LogP contribution in [-0.4, -0.2) is 16.0 Å². The highest BCUT2D eigenvalue weighted by Gasteiger charge is 2.33. The Morgan fingerprint density at radius 1 is 1.50 bits per heavy atom. The van der Waals surface area contributed by atoms with Gasteiger partial charge in [0.25, 0.3) is 5.78 Å². The molecule has 0 fully saturated rings. The van der Waals surface area contributed by atoms with Gasteiger partial charge >= 0.3 is 5.69 Å². The Morgan fingerprint density at radius 3 is 2.89 bits per heavy atom. The molecule has 1 aliphatic rings. The molecule has 0 aromatic carbocycles. The van der Waals surface area contributed by atoms with Crippen LogP contribution in [0.15, 0.2) is 10.6 Å². The summed E-state index contributed by atoms with van der Waals surface area (Å²) >= 11 is 1.22. The summed E-state index contributed by atoms with van der Waals surface area (Å²) in [7, 11) is 1.49. The number of nitrogens with two attached hydrogens (primary N) is 1. The molecule has 0 bridgehead atoms. The fourth-order valence-electron chi connectivity index (χ4n) is 3.98. The number of nitrogen functional groups attached to an aromatic ring is 1. The summed E-state index contributed by atoms with van der Waals surface area (Å²) in [5, 5.41) is 16.1. The minimum atomic E-state index is -0.763. The summed E-state index contributed by atoms with van der Waals surface area (Å²) < 4.78 is 5.72. The number of carbonyl (C=O) groups is 1. The lowest BCUT2D eigenvalue weighted by Gasteiger charge is -2.36. The van der Waals surface area contributed by atoms with Crippen molar-refractivity contribution < 1.29 is 19.1 Å². The van der Waals surface area contributed by atoms with Crippen molar-refractivity contribution in [3.05, 3.63) is 27.9 Å². The highest BCUT2D eigenvalue weighted by molar-refractivity contribution is 7.21. The molecule has 4 rings (SSSR count). The fraction of sp³-hybridized carbons (Fsp3) is 0.500. The Bertz CT molecular complexity index is 1060. The maximum Gasteiger partial charge on any atom is 0.305 e. The summed E-state index contributed by atoms with van der Waals surface area (Å²) in [6.07, 6.45) is 4.17. The Balaban J connectivity index is 1.76. The van der Waals surface area contributed by atoms with Crippen LogP contribution in [0.4, 0.5) is 5.69 Å². The van der Waals surface area contributed by atoms with Crippen molar-refractivity contribution in [1.82, 2.24) is 10.3 Å². The molecular formula is C20H24N4O3S. The summed E-state index contributed by atoms with van der Waals surface area (Å²) in [4.78, 5) is 18.7. The van der Waals surface area contributed by atoms with E-state index in [1.54, 1.807) is 0 Å². The molecule has 1 atom stereocenters. The number of hydrogen-bond donors (Lipinski definition) is 1. The maximum absolute atomic E-state index is 12.9. The third-order valence-corrected chi connectivity index (χ3v) is 7.40. The molecule has 0 spiro atoms. The summed E-state index contributed by atoms with van der Waals surface area (Å²) in [6, 6.07) is 2.09. The van der Waals surface area contributed by atoms with Crippen LogP contribution in [0, 0.1) is 11.3 Å². The summed E-state index contributed by atoms with van der Waals surface area (Å²) in [6.45, 7) is 6.88. The van der Waals surface area contributed by atoms with E-state index in [9.17, 15) is 9.90 Å². The van der Waals surface area contributed by atoms with E-state index in [0.717, 1.165) is 46.3 Å². The van der Waals surface area contributed by atoms with Gasteiger partial charge in [-0.2, -0.15) is 0 Å². The lowest BCUT2D eigenvalue weighted by atomic mass is 9.69. The number of hydrogen-bond acceptors (Lipinski definition) is 7. The second kappa shape index (κ2) is 6.55. The second-order valence-corrected chi connectivity index (χ2v) is 9.23. The van der Waals surface area contributed by atoms with Gasteiger partial charge in [0.15, 0.2) is 13.0 Å². The first kappa shape index (κ1) is 18.9. The largest absolute Gasteiger partial charge is 0.539 e. The molecule has 148 valence electrons. The molecule has 2 N–H and O–H groups in total. The van der Waals surface area contributed by atoms with Gasteiger partial charge in [0.05, 0.1) is 11.0 Å². The molecular weight excluding hydrogens is 376 g/mol. The molecule has 0 radical (unpaired) electrons. The van der Waals surface area contributed by atoms with Gasteiger partial charge < -0.3 is 15.4 Å². The average Bonchev–Trinajstić information content (AvgIpc) is 3.18. The molecule has 0 saturated carbocycles. The second-order valence-electron chi connectivity index (χ2n) is 8.24. The summed E-state index contributed by atoms with van der Waals surface area (Å²) in [5.74, 6) is -0.636. The van der Waals surface area contributed by atoms with Gasteiger partial charge in [-0.1, -0.05) is 31.9 Å². The number of nitrogens with zero attached hydrogens (tertiary/aromatic N) is 3. The van der Waals surface area contributed by atoms with Crippen molar-refractivity contribution >= 4 is 33.0 Å². The van der Waals surface area contributed by atoms with Crippen LogP contribution in [-0.2, 0) is 19.9 Å². The van der Waals surface area contributed by atoms with Crippen molar-refractivity contribution in [3.63, 3.8) is 0 Å². The third-order valence-electron chi connectivity index (χ3n) is 6.29. The van der Waals surface area contributed by atoms with Crippen molar-refractivity contribution in [1.29, 1.82) is 0 Å². The SMILES string of the molecule is CCC(C)(C)C1CCc2nc3sc(C(=O)c4c([O-])on[n+]4C)c(N)c3cc2C1. The van der Waals surface area contributed by atoms with Crippen LogP contribution in [0.5, 0.6) is 5.95 Å². The quantitative estimate of drug-likeness (QED) is 0.532. The number of pyridine rings is 1. The van der Waals surface area contributed by atoms with Gasteiger partial charge in [-0.25, -0.2) is 4.98 Å². The number of anilines is 1. The lowest BCUT2D eigenvalue weighted by molar-refractivity contribution is -0.741. The molecule has 7 nitrogen and oxygen atoms in total. The predicted octanol–water partition coefficient (Wildman–Crippen LogP) is 2.54. The number of thiophene rings is 1. The Hall–Kier alpha value is -2.48. The molecule has 3 aromatic heterocycles. The Morgan fingerprint density at radius 2 is 2.25 bits per heavy atom. The number of fused-ring (bicyclic) bond motifs is 2. The van der Waals surface area contributed by atoms with Gasteiger partial charge in [0.2, 0.25) is 0 Å². The smallest absolute Gasteiger partial charge is 0.305 e. The number of aryl methyl sites for hydroxylation is 2. The maximum atomic E-state index is 12.9. The molecule has 0 saturated heterocycles. The average molecular weight is 401 g/mol. The molecule has 1 aliphatic carbocycles. The normalized spacial score (nSPS) is 17.1. The highest BCUT2D eigenvalue weighted by Crippen LogP contribution is 2.42. The molecule has 1 unspecified atom stereocenters. The number of ketones is 1. The van der Waals surface area contributed by atoms with Gasteiger partial charge in [-0.15, -0.1) is 11.3 Å². The first-order chi connectivity index (χ1) is 13.2. The van der Waals surface area contributed by atoms with Crippen LogP contribution in [0.2, 0.25) is 0 Å². The zero-order valence-electron chi connectivity index (χ0n) is 16.5. The topological polar surface area (TPSA) is 109 Å². The van der Waals surface area contributed by atoms with Gasteiger partial charge in [0, 0.05) is 11.1 Å². The molecule has 8 heteroatoms. The van der Waals surface area contributed by atoms with Gasteiger partial charge in [-0.3, -0.25) is 4.79 Å². The zero-order valence-corrected chi connectivity index (χ0v) is 17.4. The van der Waals surface area contributed by atoms with E-state index in [4.69, 9.17) is 10.7 Å². The first-order valence-electron chi connectivity index (χ1n) is 9.51. The van der Waals surface area contributed by atoms with E-state index in [-0.39, 0.29) is 11.1 Å². The number of rotatable bonds is 4. The Kier molecular flexibility index (Phi) is 4.41. The number of aromatic nitrogens is 3. The van der Waals surface area contributed by atoms with E-state index < -0.39 is 11.7 Å². The third kappa shape index (κ3) is 2.87. The van der Waals surface area contributed by atoms with E-state index in [1.807, 2.05) is 0 Å². The van der Waals surface area contributed by atoms with E-state index in [0.29, 0.717) is 16.5 Å². The minimum absolute atomic E-state index is 0.132.